The van der Waals surface area contributed by atoms with Crippen LogP contribution < -0.4 is 4.74 Å². The quantitative estimate of drug-likeness (QED) is 0.478. The third kappa shape index (κ3) is 2.86. The summed E-state index contributed by atoms with van der Waals surface area (Å²) < 4.78 is 27.3. The topological polar surface area (TPSA) is 86.5 Å². The standard InChI is InChI=1S/C9H10ClNO5S/c1-3-7-8(11(12)13)4-6(17(10,14)15)5-9(7)16-2/h4-5H,3H2,1-2H3. The molecule has 1 aromatic rings. The minimum atomic E-state index is -4.03. The Bertz CT molecular complexity index is 555. The van der Waals surface area contributed by atoms with Crippen molar-refractivity contribution in [3.8, 4) is 5.75 Å². The molecule has 0 spiro atoms. The molecule has 0 radical (unpaired) electrons. The maximum Gasteiger partial charge on any atom is 0.277 e. The first-order valence-corrected chi connectivity index (χ1v) is 6.92. The Morgan fingerprint density at radius 2 is 2.06 bits per heavy atom. The minimum absolute atomic E-state index is 0.140. The van der Waals surface area contributed by atoms with Crippen LogP contribution in [0, 0.1) is 10.1 Å². The van der Waals surface area contributed by atoms with Crippen LogP contribution in [0.15, 0.2) is 17.0 Å². The monoisotopic (exact) mass is 279 g/mol. The third-order valence-corrected chi connectivity index (χ3v) is 3.54. The molecule has 0 saturated carbocycles. The summed E-state index contributed by atoms with van der Waals surface area (Å²) in [5, 5.41) is 10.8. The first-order chi connectivity index (χ1) is 7.81. The van der Waals surface area contributed by atoms with E-state index in [0.717, 1.165) is 6.07 Å². The van der Waals surface area contributed by atoms with E-state index in [9.17, 15) is 18.5 Å². The van der Waals surface area contributed by atoms with E-state index in [2.05, 4.69) is 0 Å². The van der Waals surface area contributed by atoms with E-state index in [1.54, 1.807) is 6.92 Å². The van der Waals surface area contributed by atoms with Crippen molar-refractivity contribution in [3.05, 3.63) is 27.8 Å². The van der Waals surface area contributed by atoms with Crippen molar-refractivity contribution in [2.75, 3.05) is 7.11 Å². The lowest BCUT2D eigenvalue weighted by Gasteiger charge is -2.08. The van der Waals surface area contributed by atoms with Gasteiger partial charge in [-0.1, -0.05) is 6.92 Å². The molecule has 0 bridgehead atoms. The summed E-state index contributed by atoms with van der Waals surface area (Å²) in [6.07, 6.45) is 0.349. The highest BCUT2D eigenvalue weighted by Gasteiger charge is 2.23. The van der Waals surface area contributed by atoms with E-state index in [1.807, 2.05) is 0 Å². The lowest BCUT2D eigenvalue weighted by Crippen LogP contribution is -2.01. The number of ether oxygens (including phenoxy) is 1. The van der Waals surface area contributed by atoms with Gasteiger partial charge in [-0.15, -0.1) is 0 Å². The molecule has 17 heavy (non-hydrogen) atoms. The van der Waals surface area contributed by atoms with Gasteiger partial charge in [0.2, 0.25) is 0 Å². The van der Waals surface area contributed by atoms with Crippen molar-refractivity contribution in [2.24, 2.45) is 0 Å². The summed E-state index contributed by atoms with van der Waals surface area (Å²) in [7, 11) is 2.43. The number of benzene rings is 1. The summed E-state index contributed by atoms with van der Waals surface area (Å²) in [6, 6.07) is 2.11. The summed E-state index contributed by atoms with van der Waals surface area (Å²) in [6.45, 7) is 1.71. The van der Waals surface area contributed by atoms with E-state index >= 15 is 0 Å². The van der Waals surface area contributed by atoms with Gasteiger partial charge in [-0.3, -0.25) is 10.1 Å². The van der Waals surface area contributed by atoms with E-state index in [4.69, 9.17) is 15.4 Å². The smallest absolute Gasteiger partial charge is 0.277 e. The van der Waals surface area contributed by atoms with Gasteiger partial charge in [-0.25, -0.2) is 8.42 Å². The molecule has 0 unspecified atom stereocenters. The van der Waals surface area contributed by atoms with Gasteiger partial charge >= 0.3 is 0 Å². The number of methoxy groups -OCH3 is 1. The lowest BCUT2D eigenvalue weighted by atomic mass is 10.1. The summed E-state index contributed by atoms with van der Waals surface area (Å²) in [5.41, 5.74) is 0.0210. The summed E-state index contributed by atoms with van der Waals surface area (Å²) >= 11 is 0. The molecule has 1 rings (SSSR count). The molecule has 1 aromatic carbocycles. The highest BCUT2D eigenvalue weighted by Crippen LogP contribution is 2.33. The molecule has 0 aliphatic carbocycles. The van der Waals surface area contributed by atoms with E-state index in [1.165, 1.54) is 13.2 Å². The van der Waals surface area contributed by atoms with Gasteiger partial charge in [0.05, 0.1) is 22.5 Å². The summed E-state index contributed by atoms with van der Waals surface area (Å²) in [5.74, 6) is 0.140. The number of hydrogen-bond donors (Lipinski definition) is 0. The average molecular weight is 280 g/mol. The minimum Gasteiger partial charge on any atom is -0.496 e. The average Bonchev–Trinajstić information content (AvgIpc) is 2.25. The second-order valence-electron chi connectivity index (χ2n) is 3.17. The van der Waals surface area contributed by atoms with Crippen LogP contribution in [0.3, 0.4) is 0 Å². The predicted molar refractivity (Wildman–Crippen MR) is 62.1 cm³/mol. The maximum absolute atomic E-state index is 11.2. The van der Waals surface area contributed by atoms with Crippen LogP contribution in [0.1, 0.15) is 12.5 Å². The van der Waals surface area contributed by atoms with Gasteiger partial charge in [0.1, 0.15) is 5.75 Å². The zero-order valence-electron chi connectivity index (χ0n) is 9.14. The number of hydrogen-bond acceptors (Lipinski definition) is 5. The van der Waals surface area contributed by atoms with Crippen LogP contribution in [0.25, 0.3) is 0 Å². The molecular weight excluding hydrogens is 270 g/mol. The molecule has 0 saturated heterocycles. The molecule has 0 amide bonds. The molecule has 0 N–H and O–H groups in total. The normalized spacial score (nSPS) is 11.2. The lowest BCUT2D eigenvalue weighted by molar-refractivity contribution is -0.385. The van der Waals surface area contributed by atoms with Crippen LogP contribution in [0.2, 0.25) is 0 Å². The summed E-state index contributed by atoms with van der Waals surface area (Å²) in [4.78, 5) is 9.83. The largest absolute Gasteiger partial charge is 0.496 e. The second kappa shape index (κ2) is 4.89. The van der Waals surface area contributed by atoms with Gasteiger partial charge in [-0.05, 0) is 6.42 Å². The Balaban J connectivity index is 3.63. The van der Waals surface area contributed by atoms with Crippen molar-refractivity contribution in [3.63, 3.8) is 0 Å². The predicted octanol–water partition coefficient (Wildman–Crippen LogP) is 2.09. The van der Waals surface area contributed by atoms with Crippen molar-refractivity contribution >= 4 is 25.4 Å². The van der Waals surface area contributed by atoms with Crippen LogP contribution in [-0.2, 0) is 15.5 Å². The van der Waals surface area contributed by atoms with Crippen LogP contribution in [0.4, 0.5) is 5.69 Å². The fourth-order valence-electron chi connectivity index (χ4n) is 1.45. The van der Waals surface area contributed by atoms with Crippen LogP contribution >= 0.6 is 10.7 Å². The Labute approximate surface area is 103 Å². The van der Waals surface area contributed by atoms with Crippen molar-refractivity contribution in [2.45, 2.75) is 18.2 Å². The van der Waals surface area contributed by atoms with Crippen LogP contribution in [-0.4, -0.2) is 20.5 Å². The first-order valence-electron chi connectivity index (χ1n) is 4.61. The van der Waals surface area contributed by atoms with Gasteiger partial charge in [-0.2, -0.15) is 0 Å². The van der Waals surface area contributed by atoms with Crippen molar-refractivity contribution < 1.29 is 18.1 Å². The molecule has 0 fully saturated rings. The zero-order valence-corrected chi connectivity index (χ0v) is 10.7. The van der Waals surface area contributed by atoms with Gasteiger partial charge < -0.3 is 4.74 Å². The molecule has 0 aliphatic heterocycles. The fourth-order valence-corrected chi connectivity index (χ4v) is 2.21. The molecular formula is C9H10ClNO5S. The molecule has 8 heteroatoms. The fraction of sp³-hybridized carbons (Fsp3) is 0.333. The van der Waals surface area contributed by atoms with E-state index < -0.39 is 14.0 Å². The number of nitro benzene ring substituents is 1. The Hall–Kier alpha value is -1.34. The number of rotatable bonds is 4. The third-order valence-electron chi connectivity index (χ3n) is 2.21. The number of halogens is 1. The van der Waals surface area contributed by atoms with Crippen molar-refractivity contribution in [1.29, 1.82) is 0 Å². The van der Waals surface area contributed by atoms with E-state index in [-0.39, 0.29) is 16.3 Å². The number of nitro groups is 1. The highest BCUT2D eigenvalue weighted by molar-refractivity contribution is 8.13. The maximum atomic E-state index is 11.2. The molecule has 0 aliphatic rings. The Kier molecular flexibility index (Phi) is 3.94. The van der Waals surface area contributed by atoms with E-state index in [0.29, 0.717) is 12.0 Å². The van der Waals surface area contributed by atoms with Gasteiger partial charge in [0.15, 0.2) is 0 Å². The molecule has 0 aromatic heterocycles. The van der Waals surface area contributed by atoms with Gasteiger partial charge in [0.25, 0.3) is 14.7 Å². The molecule has 94 valence electrons. The van der Waals surface area contributed by atoms with Gasteiger partial charge in [0, 0.05) is 22.8 Å². The van der Waals surface area contributed by atoms with Crippen LogP contribution in [0.5, 0.6) is 5.75 Å². The molecule has 0 heterocycles. The first kappa shape index (κ1) is 13.7. The second-order valence-corrected chi connectivity index (χ2v) is 5.74. The highest BCUT2D eigenvalue weighted by atomic mass is 35.7. The number of nitrogens with zero attached hydrogens (tertiary/aromatic N) is 1. The Morgan fingerprint density at radius 1 is 1.47 bits per heavy atom. The Morgan fingerprint density at radius 3 is 2.41 bits per heavy atom. The molecule has 6 nitrogen and oxygen atoms in total. The molecule has 0 atom stereocenters. The SMILES string of the molecule is CCc1c(OC)cc(S(=O)(=O)Cl)cc1[N+](=O)[O-]. The van der Waals surface area contributed by atoms with Crippen molar-refractivity contribution in [1.82, 2.24) is 0 Å². The zero-order chi connectivity index (χ0) is 13.2.